The number of piperidine rings is 1. The number of aryl methyl sites for hydroxylation is 2. The molecule has 0 radical (unpaired) electrons. The second-order valence-corrected chi connectivity index (χ2v) is 7.82. The highest BCUT2D eigenvalue weighted by atomic mass is 16.5. The second-order valence-electron chi connectivity index (χ2n) is 7.82. The summed E-state index contributed by atoms with van der Waals surface area (Å²) in [6.45, 7) is 8.41. The number of rotatable bonds is 4. The van der Waals surface area contributed by atoms with Crippen molar-refractivity contribution in [3.63, 3.8) is 0 Å². The Balaban J connectivity index is 1.50. The summed E-state index contributed by atoms with van der Waals surface area (Å²) in [5.41, 5.74) is 5.97. The van der Waals surface area contributed by atoms with Crippen molar-refractivity contribution in [3.05, 3.63) is 52.8 Å². The van der Waals surface area contributed by atoms with Gasteiger partial charge in [-0.25, -0.2) is 0 Å². The van der Waals surface area contributed by atoms with Gasteiger partial charge in [0, 0.05) is 37.4 Å². The van der Waals surface area contributed by atoms with Gasteiger partial charge in [-0.3, -0.25) is 9.58 Å². The molecule has 2 aliphatic rings. The largest absolute Gasteiger partial charge is 0.374 e. The fourth-order valence-corrected chi connectivity index (χ4v) is 4.78. The van der Waals surface area contributed by atoms with Gasteiger partial charge in [0.15, 0.2) is 0 Å². The van der Waals surface area contributed by atoms with Gasteiger partial charge in [-0.1, -0.05) is 23.8 Å². The molecule has 4 heteroatoms. The van der Waals surface area contributed by atoms with Crippen LogP contribution in [-0.2, 0) is 23.7 Å². The van der Waals surface area contributed by atoms with Crippen LogP contribution < -0.4 is 0 Å². The number of aromatic nitrogens is 2. The average molecular weight is 339 g/mol. The first-order chi connectivity index (χ1) is 12.1. The smallest absolute Gasteiger partial charge is 0.0836 e. The van der Waals surface area contributed by atoms with E-state index in [4.69, 9.17) is 4.74 Å². The molecule has 0 unspecified atom stereocenters. The molecule has 1 aliphatic heterocycles. The Bertz CT molecular complexity index is 743. The zero-order valence-corrected chi connectivity index (χ0v) is 15.7. The van der Waals surface area contributed by atoms with Crippen molar-refractivity contribution in [3.8, 4) is 0 Å². The van der Waals surface area contributed by atoms with Crippen LogP contribution in [0.4, 0.5) is 0 Å². The number of fused-ring (bicyclic) bond motifs is 2. The van der Waals surface area contributed by atoms with E-state index in [1.807, 2.05) is 17.9 Å². The van der Waals surface area contributed by atoms with Gasteiger partial charge in [0.2, 0.25) is 0 Å². The molecule has 0 N–H and O–H groups in total. The predicted molar refractivity (Wildman–Crippen MR) is 99.6 cm³/mol. The quantitative estimate of drug-likeness (QED) is 0.850. The summed E-state index contributed by atoms with van der Waals surface area (Å²) in [4.78, 5) is 2.57. The molecule has 25 heavy (non-hydrogen) atoms. The fourth-order valence-electron chi connectivity index (χ4n) is 4.78. The van der Waals surface area contributed by atoms with Crippen molar-refractivity contribution in [2.24, 2.45) is 7.05 Å². The van der Waals surface area contributed by atoms with Gasteiger partial charge in [0.25, 0.3) is 0 Å². The van der Waals surface area contributed by atoms with Crippen LogP contribution in [0.2, 0.25) is 0 Å². The van der Waals surface area contributed by atoms with Gasteiger partial charge in [0.05, 0.1) is 12.3 Å². The molecule has 1 saturated heterocycles. The molecule has 0 bridgehead atoms. The van der Waals surface area contributed by atoms with Gasteiger partial charge in [-0.15, -0.1) is 0 Å². The first kappa shape index (κ1) is 16.8. The SMILES string of the molecule is CCO[C@@H]1CC2(CCN(Cc3cnn(C)c3)CC2)c2ccc(C)cc21. The van der Waals surface area contributed by atoms with E-state index < -0.39 is 0 Å². The summed E-state index contributed by atoms with van der Waals surface area (Å²) in [5, 5.41) is 4.29. The molecular weight excluding hydrogens is 310 g/mol. The highest BCUT2D eigenvalue weighted by molar-refractivity contribution is 5.44. The lowest BCUT2D eigenvalue weighted by atomic mass is 9.73. The maximum atomic E-state index is 6.11. The number of likely N-dealkylation sites (tertiary alicyclic amines) is 1. The van der Waals surface area contributed by atoms with E-state index in [1.54, 1.807) is 5.56 Å². The number of hydrogen-bond donors (Lipinski definition) is 0. The lowest BCUT2D eigenvalue weighted by molar-refractivity contribution is 0.0395. The van der Waals surface area contributed by atoms with Gasteiger partial charge in [-0.2, -0.15) is 5.10 Å². The lowest BCUT2D eigenvalue weighted by Gasteiger charge is -2.40. The Morgan fingerprint density at radius 1 is 1.28 bits per heavy atom. The Labute approximate surface area is 150 Å². The first-order valence-corrected chi connectivity index (χ1v) is 9.52. The molecule has 1 aromatic heterocycles. The number of hydrogen-bond acceptors (Lipinski definition) is 3. The third-order valence-corrected chi connectivity index (χ3v) is 6.05. The fraction of sp³-hybridized carbons (Fsp3) is 0.571. The maximum absolute atomic E-state index is 6.11. The van der Waals surface area contributed by atoms with Gasteiger partial charge in [-0.05, 0) is 57.3 Å². The molecule has 0 saturated carbocycles. The van der Waals surface area contributed by atoms with E-state index in [2.05, 4.69) is 48.2 Å². The molecule has 2 heterocycles. The molecule has 1 aliphatic carbocycles. The predicted octanol–water partition coefficient (Wildman–Crippen LogP) is 3.74. The van der Waals surface area contributed by atoms with Crippen LogP contribution in [0.3, 0.4) is 0 Å². The molecule has 0 amide bonds. The third kappa shape index (κ3) is 3.13. The van der Waals surface area contributed by atoms with Gasteiger partial charge in [0.1, 0.15) is 0 Å². The number of ether oxygens (including phenoxy) is 1. The van der Waals surface area contributed by atoms with Crippen molar-refractivity contribution in [2.75, 3.05) is 19.7 Å². The molecule has 1 atom stereocenters. The summed E-state index contributed by atoms with van der Waals surface area (Å²) in [5.74, 6) is 0. The summed E-state index contributed by atoms with van der Waals surface area (Å²) >= 11 is 0. The van der Waals surface area contributed by atoms with Crippen LogP contribution in [0.15, 0.2) is 30.6 Å². The van der Waals surface area contributed by atoms with E-state index in [-0.39, 0.29) is 6.10 Å². The Kier molecular flexibility index (Phi) is 4.42. The van der Waals surface area contributed by atoms with Crippen LogP contribution in [0, 0.1) is 6.92 Å². The lowest BCUT2D eigenvalue weighted by Crippen LogP contribution is -2.41. The van der Waals surface area contributed by atoms with E-state index >= 15 is 0 Å². The van der Waals surface area contributed by atoms with E-state index in [1.165, 1.54) is 29.5 Å². The number of nitrogens with zero attached hydrogens (tertiary/aromatic N) is 3. The minimum absolute atomic E-state index is 0.282. The molecule has 134 valence electrons. The van der Waals surface area contributed by atoms with Gasteiger partial charge < -0.3 is 4.74 Å². The minimum atomic E-state index is 0.282. The average Bonchev–Trinajstić information content (AvgIpc) is 3.12. The van der Waals surface area contributed by atoms with E-state index in [0.717, 1.165) is 32.7 Å². The van der Waals surface area contributed by atoms with Gasteiger partial charge >= 0.3 is 0 Å². The second kappa shape index (κ2) is 6.58. The highest BCUT2D eigenvalue weighted by Gasteiger charge is 2.45. The maximum Gasteiger partial charge on any atom is 0.0836 e. The van der Waals surface area contributed by atoms with E-state index in [0.29, 0.717) is 5.41 Å². The summed E-state index contributed by atoms with van der Waals surface area (Å²) in [7, 11) is 1.99. The van der Waals surface area contributed by atoms with Crippen molar-refractivity contribution < 1.29 is 4.74 Å². The zero-order valence-electron chi connectivity index (χ0n) is 15.7. The van der Waals surface area contributed by atoms with Crippen LogP contribution in [0.25, 0.3) is 0 Å². The third-order valence-electron chi connectivity index (χ3n) is 6.05. The van der Waals surface area contributed by atoms with Crippen molar-refractivity contribution in [1.82, 2.24) is 14.7 Å². The normalized spacial score (nSPS) is 22.4. The standard InChI is InChI=1S/C21H29N3O/c1-4-25-20-12-21(19-6-5-16(2)11-18(19)20)7-9-24(10-8-21)15-17-13-22-23(3)14-17/h5-6,11,13-14,20H,4,7-10,12,15H2,1-3H3/t20-/m1/s1. The zero-order chi connectivity index (χ0) is 17.4. The van der Waals surface area contributed by atoms with Crippen LogP contribution in [0.1, 0.15) is 54.5 Å². The van der Waals surface area contributed by atoms with Crippen molar-refractivity contribution in [1.29, 1.82) is 0 Å². The van der Waals surface area contributed by atoms with Crippen molar-refractivity contribution in [2.45, 2.75) is 51.2 Å². The van der Waals surface area contributed by atoms with Crippen molar-refractivity contribution >= 4 is 0 Å². The Morgan fingerprint density at radius 2 is 2.08 bits per heavy atom. The molecule has 4 rings (SSSR count). The summed E-state index contributed by atoms with van der Waals surface area (Å²) in [6.07, 6.45) is 8.01. The first-order valence-electron chi connectivity index (χ1n) is 9.52. The van der Waals surface area contributed by atoms with Crippen LogP contribution in [-0.4, -0.2) is 34.4 Å². The molecule has 1 spiro atoms. The Hall–Kier alpha value is -1.65. The molecule has 2 aromatic rings. The summed E-state index contributed by atoms with van der Waals surface area (Å²) < 4.78 is 8.00. The molecule has 1 fully saturated rings. The molecular formula is C21H29N3O. The van der Waals surface area contributed by atoms with Crippen LogP contribution in [0.5, 0.6) is 0 Å². The van der Waals surface area contributed by atoms with E-state index in [9.17, 15) is 0 Å². The highest BCUT2D eigenvalue weighted by Crippen LogP contribution is 2.52. The topological polar surface area (TPSA) is 30.3 Å². The Morgan fingerprint density at radius 3 is 2.76 bits per heavy atom. The molecule has 1 aromatic carbocycles. The molecule has 4 nitrogen and oxygen atoms in total. The van der Waals surface area contributed by atoms with Crippen LogP contribution >= 0.6 is 0 Å². The number of benzene rings is 1. The summed E-state index contributed by atoms with van der Waals surface area (Å²) in [6, 6.07) is 7.00. The minimum Gasteiger partial charge on any atom is -0.374 e. The monoisotopic (exact) mass is 339 g/mol.